The highest BCUT2D eigenvalue weighted by Crippen LogP contribution is 2.30. The molecule has 1 aromatic rings. The van der Waals surface area contributed by atoms with E-state index in [0.29, 0.717) is 16.5 Å². The van der Waals surface area contributed by atoms with E-state index in [-0.39, 0.29) is 17.3 Å². The number of hydrogen-bond acceptors (Lipinski definition) is 4. The number of nitrogens with one attached hydrogen (secondary N) is 1. The van der Waals surface area contributed by atoms with Crippen molar-refractivity contribution in [3.63, 3.8) is 0 Å². The highest BCUT2D eigenvalue weighted by Gasteiger charge is 2.28. The van der Waals surface area contributed by atoms with Crippen molar-refractivity contribution in [3.8, 4) is 6.07 Å². The van der Waals surface area contributed by atoms with Gasteiger partial charge in [0, 0.05) is 17.5 Å². The maximum Gasteiger partial charge on any atom is 0.237 e. The maximum absolute atomic E-state index is 12.2. The van der Waals surface area contributed by atoms with Crippen LogP contribution in [-0.2, 0) is 9.53 Å². The first kappa shape index (κ1) is 14.9. The van der Waals surface area contributed by atoms with E-state index < -0.39 is 0 Å². The highest BCUT2D eigenvalue weighted by molar-refractivity contribution is 8.01. The summed E-state index contributed by atoms with van der Waals surface area (Å²) in [5, 5.41) is 11.9. The number of anilines is 1. The number of amides is 1. The van der Waals surface area contributed by atoms with Gasteiger partial charge in [0.2, 0.25) is 5.91 Å². The van der Waals surface area contributed by atoms with Crippen molar-refractivity contribution in [2.75, 3.05) is 11.9 Å². The summed E-state index contributed by atoms with van der Waals surface area (Å²) in [6.45, 7) is 4.72. The van der Waals surface area contributed by atoms with E-state index in [9.17, 15) is 4.79 Å². The minimum atomic E-state index is -0.144. The number of hydrogen-bond donors (Lipinski definition) is 1. The number of nitriles is 1. The molecule has 3 unspecified atom stereocenters. The van der Waals surface area contributed by atoms with E-state index in [0.717, 1.165) is 13.0 Å². The first-order valence-electron chi connectivity index (χ1n) is 6.68. The molecule has 2 rings (SSSR count). The van der Waals surface area contributed by atoms with Crippen LogP contribution in [0.2, 0.25) is 0 Å². The van der Waals surface area contributed by atoms with Gasteiger partial charge in [0.25, 0.3) is 0 Å². The number of carbonyl (C=O) groups is 1. The van der Waals surface area contributed by atoms with Crippen LogP contribution in [-0.4, -0.2) is 29.1 Å². The second kappa shape index (κ2) is 6.78. The Bertz CT molecular complexity index is 527. The Hall–Kier alpha value is -1.51. The third-order valence-corrected chi connectivity index (χ3v) is 4.90. The van der Waals surface area contributed by atoms with Gasteiger partial charge in [-0.05, 0) is 38.5 Å². The lowest BCUT2D eigenvalue weighted by Gasteiger charge is -2.18. The predicted octanol–water partition coefficient (Wildman–Crippen LogP) is 2.80. The molecule has 1 heterocycles. The predicted molar refractivity (Wildman–Crippen MR) is 80.7 cm³/mol. The zero-order valence-electron chi connectivity index (χ0n) is 11.6. The molecule has 1 N–H and O–H groups in total. The molecule has 0 saturated carbocycles. The average Bonchev–Trinajstić information content (AvgIpc) is 2.84. The molecule has 0 bridgehead atoms. The third kappa shape index (κ3) is 3.75. The van der Waals surface area contributed by atoms with Crippen LogP contribution in [0, 0.1) is 11.3 Å². The fraction of sp³-hybridized carbons (Fsp3) is 0.467. The summed E-state index contributed by atoms with van der Waals surface area (Å²) in [7, 11) is 0. The van der Waals surface area contributed by atoms with Gasteiger partial charge >= 0.3 is 0 Å². The van der Waals surface area contributed by atoms with Gasteiger partial charge in [-0.25, -0.2) is 0 Å². The smallest absolute Gasteiger partial charge is 0.237 e. The molecule has 1 amide bonds. The third-order valence-electron chi connectivity index (χ3n) is 3.31. The normalized spacial score (nSPS) is 23.1. The zero-order chi connectivity index (χ0) is 14.5. The maximum atomic E-state index is 12.2. The lowest BCUT2D eigenvalue weighted by molar-refractivity contribution is -0.115. The molecular formula is C15H18N2O2S. The van der Waals surface area contributed by atoms with E-state index in [1.165, 1.54) is 0 Å². The summed E-state index contributed by atoms with van der Waals surface area (Å²) < 4.78 is 5.51. The first-order valence-corrected chi connectivity index (χ1v) is 7.62. The van der Waals surface area contributed by atoms with Gasteiger partial charge in [-0.3, -0.25) is 4.79 Å². The number of thioether (sulfide) groups is 1. The molecule has 1 aromatic carbocycles. The van der Waals surface area contributed by atoms with Crippen LogP contribution in [0.15, 0.2) is 24.3 Å². The number of benzene rings is 1. The number of nitrogens with zero attached hydrogens (tertiary/aromatic N) is 1. The second-order valence-corrected chi connectivity index (χ2v) is 6.45. The lowest BCUT2D eigenvalue weighted by Crippen LogP contribution is -2.26. The minimum Gasteiger partial charge on any atom is -0.377 e. The molecule has 1 aliphatic rings. The van der Waals surface area contributed by atoms with Crippen molar-refractivity contribution >= 4 is 23.4 Å². The summed E-state index contributed by atoms with van der Waals surface area (Å²) in [4.78, 5) is 12.2. The molecule has 5 heteroatoms. The van der Waals surface area contributed by atoms with Crippen LogP contribution >= 0.6 is 11.8 Å². The Morgan fingerprint density at radius 2 is 2.40 bits per heavy atom. The second-order valence-electron chi connectivity index (χ2n) is 4.86. The Labute approximate surface area is 123 Å². The molecule has 3 atom stereocenters. The Kier molecular flexibility index (Phi) is 5.05. The average molecular weight is 290 g/mol. The SMILES string of the molecule is CC(SC1CCOC1C)C(=O)Nc1cccc(C#N)c1. The fourth-order valence-electron chi connectivity index (χ4n) is 2.13. The van der Waals surface area contributed by atoms with Crippen molar-refractivity contribution in [2.45, 2.75) is 36.9 Å². The van der Waals surface area contributed by atoms with Crippen LogP contribution in [0.5, 0.6) is 0 Å². The zero-order valence-corrected chi connectivity index (χ0v) is 12.4. The topological polar surface area (TPSA) is 62.1 Å². The molecule has 0 aromatic heterocycles. The number of ether oxygens (including phenoxy) is 1. The molecule has 0 radical (unpaired) electrons. The van der Waals surface area contributed by atoms with Crippen molar-refractivity contribution in [1.82, 2.24) is 0 Å². The molecule has 1 saturated heterocycles. The quantitative estimate of drug-likeness (QED) is 0.926. The van der Waals surface area contributed by atoms with Crippen molar-refractivity contribution in [2.24, 2.45) is 0 Å². The van der Waals surface area contributed by atoms with E-state index >= 15 is 0 Å². The minimum absolute atomic E-state index is 0.0378. The molecule has 0 spiro atoms. The molecule has 1 aliphatic heterocycles. The van der Waals surface area contributed by atoms with Gasteiger partial charge in [0.15, 0.2) is 0 Å². The van der Waals surface area contributed by atoms with Crippen LogP contribution in [0.1, 0.15) is 25.8 Å². The Morgan fingerprint density at radius 1 is 1.60 bits per heavy atom. The standard InChI is InChI=1S/C15H18N2O2S/c1-10-14(6-7-19-10)20-11(2)15(18)17-13-5-3-4-12(8-13)9-16/h3-5,8,10-11,14H,6-7H2,1-2H3,(H,17,18). The van der Waals surface area contributed by atoms with Gasteiger partial charge in [-0.2, -0.15) is 5.26 Å². The molecule has 106 valence electrons. The molecule has 0 aliphatic carbocycles. The lowest BCUT2D eigenvalue weighted by atomic mass is 10.2. The summed E-state index contributed by atoms with van der Waals surface area (Å²) in [5.74, 6) is -0.0378. The molecule has 20 heavy (non-hydrogen) atoms. The van der Waals surface area contributed by atoms with Crippen LogP contribution in [0.25, 0.3) is 0 Å². The van der Waals surface area contributed by atoms with E-state index in [1.54, 1.807) is 36.0 Å². The number of rotatable bonds is 4. The largest absolute Gasteiger partial charge is 0.377 e. The van der Waals surface area contributed by atoms with Gasteiger partial charge in [-0.15, -0.1) is 11.8 Å². The fourth-order valence-corrected chi connectivity index (χ4v) is 3.36. The highest BCUT2D eigenvalue weighted by atomic mass is 32.2. The van der Waals surface area contributed by atoms with Gasteiger partial charge < -0.3 is 10.1 Å². The summed E-state index contributed by atoms with van der Waals surface area (Å²) in [6.07, 6.45) is 1.20. The van der Waals surface area contributed by atoms with E-state index in [2.05, 4.69) is 11.4 Å². The molecule has 1 fully saturated rings. The number of carbonyl (C=O) groups excluding carboxylic acids is 1. The van der Waals surface area contributed by atoms with Crippen LogP contribution in [0.3, 0.4) is 0 Å². The van der Waals surface area contributed by atoms with Crippen LogP contribution in [0.4, 0.5) is 5.69 Å². The van der Waals surface area contributed by atoms with Gasteiger partial charge in [0.1, 0.15) is 0 Å². The van der Waals surface area contributed by atoms with Gasteiger partial charge in [-0.1, -0.05) is 6.07 Å². The summed E-state index contributed by atoms with van der Waals surface area (Å²) >= 11 is 1.65. The summed E-state index contributed by atoms with van der Waals surface area (Å²) in [5.41, 5.74) is 1.21. The van der Waals surface area contributed by atoms with Gasteiger partial charge in [0.05, 0.1) is 23.0 Å². The van der Waals surface area contributed by atoms with E-state index in [4.69, 9.17) is 10.00 Å². The Balaban J connectivity index is 1.92. The molecular weight excluding hydrogens is 272 g/mol. The van der Waals surface area contributed by atoms with Crippen LogP contribution < -0.4 is 5.32 Å². The van der Waals surface area contributed by atoms with E-state index in [1.807, 2.05) is 13.8 Å². The van der Waals surface area contributed by atoms with Crippen molar-refractivity contribution in [3.05, 3.63) is 29.8 Å². The Morgan fingerprint density at radius 3 is 3.05 bits per heavy atom. The first-order chi connectivity index (χ1) is 9.60. The molecule has 4 nitrogen and oxygen atoms in total. The van der Waals surface area contributed by atoms with Crippen molar-refractivity contribution in [1.29, 1.82) is 5.26 Å². The van der Waals surface area contributed by atoms with Crippen molar-refractivity contribution < 1.29 is 9.53 Å². The monoisotopic (exact) mass is 290 g/mol. The summed E-state index contributed by atoms with van der Waals surface area (Å²) in [6, 6.07) is 9.00.